The second-order valence-electron chi connectivity index (χ2n) is 6.10. The van der Waals surface area contributed by atoms with Crippen LogP contribution in [-0.2, 0) is 4.43 Å². The Kier molecular flexibility index (Phi) is 5.09. The van der Waals surface area contributed by atoms with E-state index in [4.69, 9.17) is 4.43 Å². The van der Waals surface area contributed by atoms with Crippen molar-refractivity contribution in [1.82, 2.24) is 0 Å². The Morgan fingerprint density at radius 1 is 1.37 bits per heavy atom. The van der Waals surface area contributed by atoms with Crippen LogP contribution in [0, 0.1) is 5.82 Å². The van der Waals surface area contributed by atoms with Crippen LogP contribution >= 0.6 is 15.9 Å². The maximum atomic E-state index is 13.1. The lowest BCUT2D eigenvalue weighted by Gasteiger charge is -2.35. The summed E-state index contributed by atoms with van der Waals surface area (Å²) in [5, 5.41) is 0.0661. The minimum atomic E-state index is -1.93. The summed E-state index contributed by atoms with van der Waals surface area (Å²) < 4.78 is 19.3. The Morgan fingerprint density at radius 3 is 2.42 bits per heavy atom. The number of halogens is 2. The summed E-state index contributed by atoms with van der Waals surface area (Å²) in [4.78, 5) is 12.0. The lowest BCUT2D eigenvalue weighted by molar-refractivity contribution is 0.0911. The van der Waals surface area contributed by atoms with Gasteiger partial charge in [-0.15, -0.1) is 0 Å². The molecule has 0 aliphatic heterocycles. The molecule has 0 spiro atoms. The van der Waals surface area contributed by atoms with Crippen molar-refractivity contribution in [2.45, 2.75) is 38.9 Å². The topological polar surface area (TPSA) is 26.3 Å². The Labute approximate surface area is 123 Å². The molecule has 0 amide bonds. The van der Waals surface area contributed by atoms with E-state index < -0.39 is 8.32 Å². The fourth-order valence-electron chi connectivity index (χ4n) is 1.22. The number of ketones is 1. The molecule has 2 nitrogen and oxygen atoms in total. The van der Waals surface area contributed by atoms with Gasteiger partial charge in [-0.1, -0.05) is 20.8 Å². The fourth-order valence-corrected chi connectivity index (χ4v) is 2.52. The molecule has 106 valence electrons. The van der Waals surface area contributed by atoms with Crippen LogP contribution in [0.2, 0.25) is 18.1 Å². The van der Waals surface area contributed by atoms with Crippen molar-refractivity contribution in [3.63, 3.8) is 0 Å². The van der Waals surface area contributed by atoms with Crippen LogP contribution in [0.25, 0.3) is 0 Å². The zero-order valence-electron chi connectivity index (χ0n) is 12.0. The van der Waals surface area contributed by atoms with Gasteiger partial charge < -0.3 is 4.43 Å². The van der Waals surface area contributed by atoms with E-state index in [1.807, 2.05) is 0 Å². The van der Waals surface area contributed by atoms with Gasteiger partial charge in [0.15, 0.2) is 14.1 Å². The third-order valence-electron chi connectivity index (χ3n) is 3.61. The molecule has 1 aromatic rings. The molecule has 0 radical (unpaired) electrons. The van der Waals surface area contributed by atoms with Gasteiger partial charge in [-0.2, -0.15) is 0 Å². The summed E-state index contributed by atoms with van der Waals surface area (Å²) in [6.45, 7) is 10.6. The Balaban J connectivity index is 2.73. The predicted molar refractivity (Wildman–Crippen MR) is 81.6 cm³/mol. The summed E-state index contributed by atoms with van der Waals surface area (Å²) in [5.74, 6) is -0.493. The normalized spacial score (nSPS) is 12.6. The number of carbonyl (C=O) groups is 1. The molecule has 0 bridgehead atoms. The van der Waals surface area contributed by atoms with Gasteiger partial charge in [0.1, 0.15) is 5.82 Å². The molecular weight excluding hydrogens is 327 g/mol. The largest absolute Gasteiger partial charge is 0.409 e. The molecule has 0 aromatic heterocycles. The van der Waals surface area contributed by atoms with Crippen LogP contribution in [0.15, 0.2) is 22.7 Å². The van der Waals surface area contributed by atoms with Crippen LogP contribution in [0.5, 0.6) is 0 Å². The van der Waals surface area contributed by atoms with Crippen LogP contribution in [-0.4, -0.2) is 20.7 Å². The van der Waals surface area contributed by atoms with Crippen LogP contribution in [0.4, 0.5) is 4.39 Å². The molecule has 1 aromatic carbocycles. The average Bonchev–Trinajstić information content (AvgIpc) is 2.28. The highest BCUT2D eigenvalue weighted by Gasteiger charge is 2.37. The van der Waals surface area contributed by atoms with Crippen LogP contribution in [0.3, 0.4) is 0 Å². The van der Waals surface area contributed by atoms with Crippen molar-refractivity contribution >= 4 is 30.0 Å². The number of hydrogen-bond donors (Lipinski definition) is 0. The second-order valence-corrected chi connectivity index (χ2v) is 11.8. The highest BCUT2D eigenvalue weighted by atomic mass is 79.9. The minimum absolute atomic E-state index is 0.0502. The van der Waals surface area contributed by atoms with Crippen molar-refractivity contribution in [1.29, 1.82) is 0 Å². The second kappa shape index (κ2) is 5.85. The quantitative estimate of drug-likeness (QED) is 0.578. The number of hydrogen-bond acceptors (Lipinski definition) is 2. The van der Waals surface area contributed by atoms with E-state index in [2.05, 4.69) is 49.8 Å². The summed E-state index contributed by atoms with van der Waals surface area (Å²) in [7, 11) is -1.93. The molecule has 5 heteroatoms. The molecule has 0 saturated carbocycles. The summed E-state index contributed by atoms with van der Waals surface area (Å²) >= 11 is 3.08. The maximum absolute atomic E-state index is 13.1. The van der Waals surface area contributed by atoms with Gasteiger partial charge in [0, 0.05) is 5.56 Å². The van der Waals surface area contributed by atoms with Gasteiger partial charge in [0.05, 0.1) is 11.1 Å². The van der Waals surface area contributed by atoms with E-state index in [1.54, 1.807) is 0 Å². The molecule has 0 aliphatic carbocycles. The number of benzene rings is 1. The van der Waals surface area contributed by atoms with Gasteiger partial charge in [-0.3, -0.25) is 4.79 Å². The van der Waals surface area contributed by atoms with Gasteiger partial charge in [0.2, 0.25) is 0 Å². The van der Waals surface area contributed by atoms with E-state index in [1.165, 1.54) is 18.2 Å². The fraction of sp³-hybridized carbons (Fsp3) is 0.500. The number of rotatable bonds is 4. The van der Waals surface area contributed by atoms with Crippen molar-refractivity contribution in [3.8, 4) is 0 Å². The molecule has 19 heavy (non-hydrogen) atoms. The highest BCUT2D eigenvalue weighted by molar-refractivity contribution is 9.10. The van der Waals surface area contributed by atoms with Gasteiger partial charge in [-0.25, -0.2) is 4.39 Å². The third-order valence-corrected chi connectivity index (χ3v) is 8.70. The van der Waals surface area contributed by atoms with Crippen molar-refractivity contribution < 1.29 is 13.6 Å². The van der Waals surface area contributed by atoms with Crippen molar-refractivity contribution in [3.05, 3.63) is 34.1 Å². The zero-order valence-corrected chi connectivity index (χ0v) is 14.6. The first-order valence-corrected chi connectivity index (χ1v) is 9.87. The Morgan fingerprint density at radius 2 is 1.95 bits per heavy atom. The lowest BCUT2D eigenvalue weighted by atomic mass is 10.1. The first kappa shape index (κ1) is 16.5. The number of Topliss-reactive ketones (excluding diaryl/α,β-unsaturated/α-hetero) is 1. The Hall–Kier alpha value is -0.523. The molecule has 0 fully saturated rings. The van der Waals surface area contributed by atoms with Gasteiger partial charge in [-0.05, 0) is 52.3 Å². The molecular formula is C14H20BrFO2Si. The summed E-state index contributed by atoms with van der Waals surface area (Å²) in [6, 6.07) is 4.26. The molecule has 0 heterocycles. The van der Waals surface area contributed by atoms with E-state index in [0.29, 0.717) is 10.0 Å². The van der Waals surface area contributed by atoms with E-state index in [-0.39, 0.29) is 23.2 Å². The van der Waals surface area contributed by atoms with Crippen molar-refractivity contribution in [2.75, 3.05) is 6.61 Å². The van der Waals surface area contributed by atoms with E-state index in [0.717, 1.165) is 0 Å². The third kappa shape index (κ3) is 4.23. The first-order chi connectivity index (χ1) is 8.54. The zero-order chi connectivity index (χ0) is 14.8. The molecule has 0 unspecified atom stereocenters. The average molecular weight is 347 g/mol. The molecule has 0 saturated heterocycles. The highest BCUT2D eigenvalue weighted by Crippen LogP contribution is 2.36. The monoisotopic (exact) mass is 346 g/mol. The number of carbonyl (C=O) groups excluding carboxylic acids is 1. The SMILES string of the molecule is CC(C)(C)[Si](C)(C)OCC(=O)c1ccc(F)c(Br)c1. The van der Waals surface area contributed by atoms with Crippen molar-refractivity contribution in [2.24, 2.45) is 0 Å². The molecule has 1 rings (SSSR count). The Bertz CT molecular complexity index is 481. The van der Waals surface area contributed by atoms with E-state index >= 15 is 0 Å². The standard InChI is InChI=1S/C14H20BrFO2Si/c1-14(2,3)19(4,5)18-9-13(17)10-6-7-12(16)11(15)8-10/h6-8H,9H2,1-5H3. The molecule has 0 aliphatic rings. The van der Waals surface area contributed by atoms with E-state index in [9.17, 15) is 9.18 Å². The minimum Gasteiger partial charge on any atom is -0.409 e. The van der Waals surface area contributed by atoms with Crippen LogP contribution in [0.1, 0.15) is 31.1 Å². The summed E-state index contributed by atoms with van der Waals surface area (Å²) in [5.41, 5.74) is 0.465. The first-order valence-electron chi connectivity index (χ1n) is 6.17. The summed E-state index contributed by atoms with van der Waals surface area (Å²) in [6.07, 6.45) is 0. The maximum Gasteiger partial charge on any atom is 0.192 e. The van der Waals surface area contributed by atoms with Gasteiger partial charge in [0.25, 0.3) is 0 Å². The lowest BCUT2D eigenvalue weighted by Crippen LogP contribution is -2.42. The molecule has 0 atom stereocenters. The predicted octanol–water partition coefficient (Wildman–Crippen LogP) is 4.79. The van der Waals surface area contributed by atoms with Crippen LogP contribution < -0.4 is 0 Å². The molecule has 0 N–H and O–H groups in total. The smallest absolute Gasteiger partial charge is 0.192 e. The van der Waals surface area contributed by atoms with Gasteiger partial charge >= 0.3 is 0 Å².